The minimum absolute atomic E-state index is 0.699. The minimum Gasteiger partial charge on any atom is -0.385 e. The molecule has 1 rings (SSSR count). The van der Waals surface area contributed by atoms with E-state index in [9.17, 15) is 0 Å². The van der Waals surface area contributed by atoms with Gasteiger partial charge >= 0.3 is 0 Å². The Morgan fingerprint density at radius 3 is 2.82 bits per heavy atom. The molecule has 1 heterocycles. The molecule has 0 aromatic carbocycles. The van der Waals surface area contributed by atoms with Crippen molar-refractivity contribution < 1.29 is 9.47 Å². The summed E-state index contributed by atoms with van der Waals surface area (Å²) < 4.78 is 10.6. The maximum atomic E-state index is 5.72. The summed E-state index contributed by atoms with van der Waals surface area (Å²) in [4.78, 5) is 2.48. The van der Waals surface area contributed by atoms with Gasteiger partial charge in [-0.05, 0) is 44.7 Å². The maximum Gasteiger partial charge on any atom is 0.0593 e. The second-order valence-electron chi connectivity index (χ2n) is 4.86. The molecule has 4 nitrogen and oxygen atoms in total. The molecule has 0 amide bonds. The number of nitrogens with zero attached hydrogens (tertiary/aromatic N) is 1. The van der Waals surface area contributed by atoms with E-state index in [2.05, 4.69) is 4.90 Å². The zero-order valence-electron chi connectivity index (χ0n) is 11.2. The van der Waals surface area contributed by atoms with Crippen LogP contribution in [0.1, 0.15) is 25.7 Å². The molecule has 4 heteroatoms. The fourth-order valence-electron chi connectivity index (χ4n) is 2.29. The van der Waals surface area contributed by atoms with Crippen LogP contribution in [0.25, 0.3) is 0 Å². The lowest BCUT2D eigenvalue weighted by Gasteiger charge is -2.31. The third-order valence-electron chi connectivity index (χ3n) is 3.38. The molecular weight excluding hydrogens is 216 g/mol. The molecule has 1 aliphatic heterocycles. The van der Waals surface area contributed by atoms with Crippen LogP contribution in [-0.2, 0) is 9.47 Å². The van der Waals surface area contributed by atoms with Gasteiger partial charge in [0.15, 0.2) is 0 Å². The van der Waals surface area contributed by atoms with Crippen LogP contribution in [0, 0.1) is 5.92 Å². The van der Waals surface area contributed by atoms with Crippen LogP contribution in [0.2, 0.25) is 0 Å². The van der Waals surface area contributed by atoms with Crippen LogP contribution >= 0.6 is 0 Å². The Hall–Kier alpha value is -0.160. The molecule has 17 heavy (non-hydrogen) atoms. The van der Waals surface area contributed by atoms with E-state index in [1.807, 2.05) is 0 Å². The van der Waals surface area contributed by atoms with Crippen molar-refractivity contribution in [3.05, 3.63) is 0 Å². The number of hydrogen-bond acceptors (Lipinski definition) is 4. The van der Waals surface area contributed by atoms with E-state index in [0.29, 0.717) is 5.92 Å². The zero-order chi connectivity index (χ0) is 12.3. The molecule has 0 spiro atoms. The second kappa shape index (κ2) is 9.83. The maximum absolute atomic E-state index is 5.72. The van der Waals surface area contributed by atoms with E-state index in [0.717, 1.165) is 52.3 Å². The third kappa shape index (κ3) is 6.99. The normalized spacial score (nSPS) is 21.9. The first-order valence-electron chi connectivity index (χ1n) is 6.86. The highest BCUT2D eigenvalue weighted by Gasteiger charge is 2.17. The average molecular weight is 244 g/mol. The molecule has 0 saturated carbocycles. The summed E-state index contributed by atoms with van der Waals surface area (Å²) in [6, 6.07) is 0. The van der Waals surface area contributed by atoms with Crippen LogP contribution in [0.15, 0.2) is 0 Å². The Bertz CT molecular complexity index is 179. The quantitative estimate of drug-likeness (QED) is 0.617. The van der Waals surface area contributed by atoms with Crippen LogP contribution in [-0.4, -0.2) is 58.0 Å². The first-order chi connectivity index (χ1) is 8.36. The molecule has 1 saturated heterocycles. The van der Waals surface area contributed by atoms with Crippen molar-refractivity contribution in [2.45, 2.75) is 25.7 Å². The number of hydrogen-bond donors (Lipinski definition) is 1. The van der Waals surface area contributed by atoms with Gasteiger partial charge in [0.1, 0.15) is 0 Å². The lowest BCUT2D eigenvalue weighted by atomic mass is 9.98. The Morgan fingerprint density at radius 2 is 2.06 bits per heavy atom. The summed E-state index contributed by atoms with van der Waals surface area (Å²) >= 11 is 0. The van der Waals surface area contributed by atoms with Crippen molar-refractivity contribution in [1.82, 2.24) is 4.90 Å². The van der Waals surface area contributed by atoms with Gasteiger partial charge in [-0.2, -0.15) is 0 Å². The number of likely N-dealkylation sites (tertiary alicyclic amines) is 1. The van der Waals surface area contributed by atoms with Crippen molar-refractivity contribution in [2.75, 3.05) is 53.1 Å². The summed E-state index contributed by atoms with van der Waals surface area (Å²) in [7, 11) is 1.74. The monoisotopic (exact) mass is 244 g/mol. The standard InChI is InChI=1S/C13H28N2O2/c1-16-8-2-3-9-17-10-7-15-6-4-5-13(11-14)12-15/h13H,2-12,14H2,1H3. The first-order valence-corrected chi connectivity index (χ1v) is 6.86. The number of methoxy groups -OCH3 is 1. The molecule has 0 bridgehead atoms. The van der Waals surface area contributed by atoms with E-state index in [4.69, 9.17) is 15.2 Å². The summed E-state index contributed by atoms with van der Waals surface area (Å²) in [5, 5.41) is 0. The van der Waals surface area contributed by atoms with E-state index in [1.165, 1.54) is 19.4 Å². The highest BCUT2D eigenvalue weighted by atomic mass is 16.5. The van der Waals surface area contributed by atoms with Crippen molar-refractivity contribution in [3.63, 3.8) is 0 Å². The van der Waals surface area contributed by atoms with Gasteiger partial charge in [-0.3, -0.25) is 0 Å². The zero-order valence-corrected chi connectivity index (χ0v) is 11.2. The van der Waals surface area contributed by atoms with Gasteiger partial charge in [0, 0.05) is 33.4 Å². The van der Waals surface area contributed by atoms with Gasteiger partial charge in [0.2, 0.25) is 0 Å². The highest BCUT2D eigenvalue weighted by molar-refractivity contribution is 4.73. The summed E-state index contributed by atoms with van der Waals surface area (Å²) in [6.07, 6.45) is 4.77. The van der Waals surface area contributed by atoms with E-state index >= 15 is 0 Å². The minimum atomic E-state index is 0.699. The van der Waals surface area contributed by atoms with Gasteiger partial charge in [0.05, 0.1) is 6.61 Å². The number of ether oxygens (including phenoxy) is 2. The molecule has 1 fully saturated rings. The molecule has 2 N–H and O–H groups in total. The van der Waals surface area contributed by atoms with Gasteiger partial charge in [-0.15, -0.1) is 0 Å². The molecule has 102 valence electrons. The molecule has 0 aromatic rings. The van der Waals surface area contributed by atoms with Gasteiger partial charge in [-0.25, -0.2) is 0 Å². The lowest BCUT2D eigenvalue weighted by molar-refractivity contribution is 0.0800. The van der Waals surface area contributed by atoms with Crippen LogP contribution < -0.4 is 5.73 Å². The van der Waals surface area contributed by atoms with Crippen LogP contribution in [0.3, 0.4) is 0 Å². The van der Waals surface area contributed by atoms with Crippen LogP contribution in [0.5, 0.6) is 0 Å². The summed E-state index contributed by atoms with van der Waals surface area (Å²) in [6.45, 7) is 6.80. The SMILES string of the molecule is COCCCCOCCN1CCCC(CN)C1. The number of nitrogens with two attached hydrogens (primary N) is 1. The van der Waals surface area contributed by atoms with Gasteiger partial charge in [0.25, 0.3) is 0 Å². The van der Waals surface area contributed by atoms with Gasteiger partial charge in [-0.1, -0.05) is 0 Å². The third-order valence-corrected chi connectivity index (χ3v) is 3.38. The summed E-state index contributed by atoms with van der Waals surface area (Å²) in [5.41, 5.74) is 5.72. The van der Waals surface area contributed by atoms with Crippen molar-refractivity contribution >= 4 is 0 Å². The second-order valence-corrected chi connectivity index (χ2v) is 4.86. The topological polar surface area (TPSA) is 47.7 Å². The molecule has 1 atom stereocenters. The molecule has 0 aliphatic carbocycles. The first kappa shape index (κ1) is 14.9. The molecule has 1 unspecified atom stereocenters. The number of rotatable bonds is 9. The lowest BCUT2D eigenvalue weighted by Crippen LogP contribution is -2.40. The Labute approximate surface area is 105 Å². The largest absolute Gasteiger partial charge is 0.385 e. The van der Waals surface area contributed by atoms with E-state index in [1.54, 1.807) is 7.11 Å². The predicted molar refractivity (Wildman–Crippen MR) is 70.1 cm³/mol. The highest BCUT2D eigenvalue weighted by Crippen LogP contribution is 2.14. The molecule has 1 aliphatic rings. The predicted octanol–water partition coefficient (Wildman–Crippen LogP) is 1.10. The Morgan fingerprint density at radius 1 is 1.24 bits per heavy atom. The number of piperidine rings is 1. The molecule has 0 aromatic heterocycles. The average Bonchev–Trinajstić information content (AvgIpc) is 2.38. The van der Waals surface area contributed by atoms with Crippen molar-refractivity contribution in [1.29, 1.82) is 0 Å². The van der Waals surface area contributed by atoms with Crippen molar-refractivity contribution in [3.8, 4) is 0 Å². The number of unbranched alkanes of at least 4 members (excludes halogenated alkanes) is 1. The Kier molecular flexibility index (Phi) is 8.61. The fourth-order valence-corrected chi connectivity index (χ4v) is 2.29. The molecule has 0 radical (unpaired) electrons. The Balaban J connectivity index is 1.91. The smallest absolute Gasteiger partial charge is 0.0593 e. The van der Waals surface area contributed by atoms with Crippen molar-refractivity contribution in [2.24, 2.45) is 11.7 Å². The fraction of sp³-hybridized carbons (Fsp3) is 1.00. The van der Waals surface area contributed by atoms with Crippen LogP contribution in [0.4, 0.5) is 0 Å². The van der Waals surface area contributed by atoms with E-state index < -0.39 is 0 Å². The molecular formula is C13H28N2O2. The van der Waals surface area contributed by atoms with Gasteiger partial charge < -0.3 is 20.1 Å². The van der Waals surface area contributed by atoms with E-state index in [-0.39, 0.29) is 0 Å². The summed E-state index contributed by atoms with van der Waals surface area (Å²) in [5.74, 6) is 0.699.